The third-order valence-corrected chi connectivity index (χ3v) is 2.91. The number of carbonyl (C=O) groups excluding carboxylic acids is 1. The van der Waals surface area contributed by atoms with Crippen molar-refractivity contribution in [2.75, 3.05) is 20.2 Å². The molecule has 0 unspecified atom stereocenters. The number of carbonyl (C=O) groups is 1. The second kappa shape index (κ2) is 6.35. The van der Waals surface area contributed by atoms with Gasteiger partial charge in [0.1, 0.15) is 0 Å². The Labute approximate surface area is 107 Å². The fourth-order valence-corrected chi connectivity index (χ4v) is 1.65. The number of aromatic nitrogens is 1. The lowest BCUT2D eigenvalue weighted by Gasteiger charge is -2.07. The highest BCUT2D eigenvalue weighted by atomic mass is 16.5. The molecule has 1 aromatic rings. The van der Waals surface area contributed by atoms with Crippen LogP contribution in [0.5, 0.6) is 5.88 Å². The molecule has 0 atom stereocenters. The molecule has 1 heterocycles. The SMILES string of the molecule is COc1cc(CNC(=O)CNCC2CC2)ccn1. The molecule has 2 N–H and O–H groups in total. The standard InChI is InChI=1S/C13H19N3O2/c1-18-13-6-11(4-5-15-13)8-16-12(17)9-14-7-10-2-3-10/h4-6,10,14H,2-3,7-9H2,1H3,(H,16,17). The number of hydrogen-bond acceptors (Lipinski definition) is 4. The van der Waals surface area contributed by atoms with Crippen LogP contribution in [0, 0.1) is 5.92 Å². The summed E-state index contributed by atoms with van der Waals surface area (Å²) in [6, 6.07) is 3.68. The average molecular weight is 249 g/mol. The average Bonchev–Trinajstić information content (AvgIpc) is 3.21. The first kappa shape index (κ1) is 12.8. The van der Waals surface area contributed by atoms with Crippen molar-refractivity contribution in [3.8, 4) is 5.88 Å². The normalized spacial score (nSPS) is 14.3. The molecule has 5 heteroatoms. The van der Waals surface area contributed by atoms with Crippen LogP contribution in [0.25, 0.3) is 0 Å². The highest BCUT2D eigenvalue weighted by Crippen LogP contribution is 2.27. The number of nitrogens with one attached hydrogen (secondary N) is 2. The molecular formula is C13H19N3O2. The Hall–Kier alpha value is -1.62. The Kier molecular flexibility index (Phi) is 4.52. The van der Waals surface area contributed by atoms with E-state index in [4.69, 9.17) is 4.74 Å². The third kappa shape index (κ3) is 4.33. The number of amides is 1. The summed E-state index contributed by atoms with van der Waals surface area (Å²) >= 11 is 0. The number of rotatable bonds is 7. The first-order chi connectivity index (χ1) is 8.78. The van der Waals surface area contributed by atoms with Crippen molar-refractivity contribution in [1.82, 2.24) is 15.6 Å². The Balaban J connectivity index is 1.67. The maximum atomic E-state index is 11.6. The van der Waals surface area contributed by atoms with E-state index >= 15 is 0 Å². The minimum absolute atomic E-state index is 0.0198. The zero-order chi connectivity index (χ0) is 12.8. The number of methoxy groups -OCH3 is 1. The Morgan fingerprint density at radius 1 is 1.56 bits per heavy atom. The second-order valence-corrected chi connectivity index (χ2v) is 4.56. The summed E-state index contributed by atoms with van der Waals surface area (Å²) in [7, 11) is 1.58. The lowest BCUT2D eigenvalue weighted by molar-refractivity contribution is -0.120. The van der Waals surface area contributed by atoms with Crippen molar-refractivity contribution in [2.24, 2.45) is 5.92 Å². The van der Waals surface area contributed by atoms with Crippen molar-refractivity contribution in [2.45, 2.75) is 19.4 Å². The van der Waals surface area contributed by atoms with Crippen molar-refractivity contribution in [3.05, 3.63) is 23.9 Å². The molecule has 1 saturated carbocycles. The van der Waals surface area contributed by atoms with Crippen LogP contribution in [-0.2, 0) is 11.3 Å². The zero-order valence-corrected chi connectivity index (χ0v) is 10.6. The summed E-state index contributed by atoms with van der Waals surface area (Å²) in [5, 5.41) is 6.02. The fraction of sp³-hybridized carbons (Fsp3) is 0.538. The van der Waals surface area contributed by atoms with Gasteiger partial charge in [-0.15, -0.1) is 0 Å². The highest BCUT2D eigenvalue weighted by Gasteiger charge is 2.20. The third-order valence-electron chi connectivity index (χ3n) is 2.91. The minimum Gasteiger partial charge on any atom is -0.481 e. The second-order valence-electron chi connectivity index (χ2n) is 4.56. The topological polar surface area (TPSA) is 63.2 Å². The van der Waals surface area contributed by atoms with E-state index < -0.39 is 0 Å². The van der Waals surface area contributed by atoms with E-state index in [1.807, 2.05) is 12.1 Å². The first-order valence-corrected chi connectivity index (χ1v) is 6.24. The monoisotopic (exact) mass is 249 g/mol. The van der Waals surface area contributed by atoms with Crippen molar-refractivity contribution < 1.29 is 9.53 Å². The molecule has 0 spiro atoms. The molecule has 1 aromatic heterocycles. The van der Waals surface area contributed by atoms with Crippen LogP contribution in [0.1, 0.15) is 18.4 Å². The van der Waals surface area contributed by atoms with Crippen LogP contribution in [0.3, 0.4) is 0 Å². The summed E-state index contributed by atoms with van der Waals surface area (Å²) in [6.07, 6.45) is 4.27. The fourth-order valence-electron chi connectivity index (χ4n) is 1.65. The van der Waals surface area contributed by atoms with Gasteiger partial charge < -0.3 is 15.4 Å². The molecule has 0 bridgehead atoms. The van der Waals surface area contributed by atoms with Crippen LogP contribution in [0.4, 0.5) is 0 Å². The van der Waals surface area contributed by atoms with Gasteiger partial charge in [0, 0.05) is 18.8 Å². The summed E-state index contributed by atoms with van der Waals surface area (Å²) in [6.45, 7) is 1.85. The van der Waals surface area contributed by atoms with Crippen molar-refractivity contribution in [1.29, 1.82) is 0 Å². The largest absolute Gasteiger partial charge is 0.481 e. The van der Waals surface area contributed by atoms with E-state index in [0.29, 0.717) is 19.0 Å². The molecule has 2 rings (SSSR count). The molecule has 1 amide bonds. The first-order valence-electron chi connectivity index (χ1n) is 6.24. The quantitative estimate of drug-likeness (QED) is 0.747. The summed E-state index contributed by atoms with van der Waals surface area (Å²) < 4.78 is 5.02. The Morgan fingerprint density at radius 2 is 2.39 bits per heavy atom. The maximum absolute atomic E-state index is 11.6. The molecule has 0 radical (unpaired) electrons. The van der Waals surface area contributed by atoms with Gasteiger partial charge in [0.2, 0.25) is 11.8 Å². The predicted octanol–water partition coefficient (Wildman–Crippen LogP) is 0.706. The maximum Gasteiger partial charge on any atom is 0.234 e. The Morgan fingerprint density at radius 3 is 3.11 bits per heavy atom. The van der Waals surface area contributed by atoms with E-state index in [-0.39, 0.29) is 5.91 Å². The summed E-state index contributed by atoms with van der Waals surface area (Å²) in [4.78, 5) is 15.6. The van der Waals surface area contributed by atoms with Crippen LogP contribution in [-0.4, -0.2) is 31.1 Å². The van der Waals surface area contributed by atoms with Gasteiger partial charge in [-0.25, -0.2) is 4.98 Å². The molecule has 0 aromatic carbocycles. The zero-order valence-electron chi connectivity index (χ0n) is 10.6. The molecule has 5 nitrogen and oxygen atoms in total. The summed E-state index contributed by atoms with van der Waals surface area (Å²) in [5.41, 5.74) is 0.984. The van der Waals surface area contributed by atoms with Gasteiger partial charge in [0.15, 0.2) is 0 Å². The van der Waals surface area contributed by atoms with Gasteiger partial charge in [0.05, 0.1) is 13.7 Å². The van der Waals surface area contributed by atoms with Gasteiger partial charge in [-0.05, 0) is 36.9 Å². The smallest absolute Gasteiger partial charge is 0.234 e. The number of nitrogens with zero attached hydrogens (tertiary/aromatic N) is 1. The molecule has 98 valence electrons. The predicted molar refractivity (Wildman–Crippen MR) is 68.2 cm³/mol. The highest BCUT2D eigenvalue weighted by molar-refractivity contribution is 5.77. The molecule has 0 saturated heterocycles. The van der Waals surface area contributed by atoms with E-state index in [9.17, 15) is 4.79 Å². The van der Waals surface area contributed by atoms with E-state index in [1.54, 1.807) is 13.3 Å². The molecule has 18 heavy (non-hydrogen) atoms. The molecular weight excluding hydrogens is 230 g/mol. The molecule has 1 aliphatic carbocycles. The van der Waals surface area contributed by atoms with Crippen LogP contribution in [0.2, 0.25) is 0 Å². The van der Waals surface area contributed by atoms with E-state index in [2.05, 4.69) is 15.6 Å². The number of ether oxygens (including phenoxy) is 1. The summed E-state index contributed by atoms with van der Waals surface area (Å²) in [5.74, 6) is 1.38. The van der Waals surface area contributed by atoms with Gasteiger partial charge >= 0.3 is 0 Å². The Bertz CT molecular complexity index is 405. The number of hydrogen-bond donors (Lipinski definition) is 2. The minimum atomic E-state index is 0.0198. The molecule has 1 fully saturated rings. The van der Waals surface area contributed by atoms with Crippen LogP contribution in [0.15, 0.2) is 18.3 Å². The van der Waals surface area contributed by atoms with E-state index in [0.717, 1.165) is 18.0 Å². The lowest BCUT2D eigenvalue weighted by Crippen LogP contribution is -2.34. The molecule has 1 aliphatic rings. The van der Waals surface area contributed by atoms with Crippen molar-refractivity contribution in [3.63, 3.8) is 0 Å². The lowest BCUT2D eigenvalue weighted by atomic mass is 10.2. The van der Waals surface area contributed by atoms with Crippen LogP contribution >= 0.6 is 0 Å². The molecule has 0 aliphatic heterocycles. The van der Waals surface area contributed by atoms with Gasteiger partial charge in [0.25, 0.3) is 0 Å². The van der Waals surface area contributed by atoms with Gasteiger partial charge in [-0.3, -0.25) is 4.79 Å². The van der Waals surface area contributed by atoms with Gasteiger partial charge in [-0.2, -0.15) is 0 Å². The van der Waals surface area contributed by atoms with Gasteiger partial charge in [-0.1, -0.05) is 0 Å². The van der Waals surface area contributed by atoms with Crippen molar-refractivity contribution >= 4 is 5.91 Å². The number of pyridine rings is 1. The van der Waals surface area contributed by atoms with E-state index in [1.165, 1.54) is 12.8 Å². The van der Waals surface area contributed by atoms with Crippen LogP contribution < -0.4 is 15.4 Å².